The number of nitrogens with one attached hydrogen (secondary N) is 2. The molecule has 1 aromatic heterocycles. The van der Waals surface area contributed by atoms with E-state index in [1.807, 2.05) is 37.3 Å². The van der Waals surface area contributed by atoms with Gasteiger partial charge in [-0.25, -0.2) is 0 Å². The van der Waals surface area contributed by atoms with Crippen molar-refractivity contribution in [2.24, 2.45) is 5.92 Å². The Hall–Kier alpha value is -3.13. The summed E-state index contributed by atoms with van der Waals surface area (Å²) in [6.45, 7) is 8.27. The molecule has 1 amide bonds. The zero-order chi connectivity index (χ0) is 23.5. The maximum Gasteiger partial charge on any atom is 0.300 e. The fourth-order valence-electron chi connectivity index (χ4n) is 3.65. The SMILES string of the molecule is CC(=O)O.CCOc1ccccc1CNC(=O)c1c(C)ccn(CC2CCCNC2)c1=O. The van der Waals surface area contributed by atoms with E-state index in [0.717, 1.165) is 44.2 Å². The van der Waals surface area contributed by atoms with Gasteiger partial charge >= 0.3 is 0 Å². The number of aromatic nitrogens is 1. The number of hydrogen-bond donors (Lipinski definition) is 3. The fourth-order valence-corrected chi connectivity index (χ4v) is 3.65. The third kappa shape index (κ3) is 7.53. The molecule has 0 spiro atoms. The van der Waals surface area contributed by atoms with E-state index in [1.165, 1.54) is 0 Å². The second-order valence-electron chi connectivity index (χ2n) is 7.79. The zero-order valence-corrected chi connectivity index (χ0v) is 19.0. The van der Waals surface area contributed by atoms with Crippen molar-refractivity contribution in [2.45, 2.75) is 46.7 Å². The molecule has 1 aliphatic rings. The van der Waals surface area contributed by atoms with Crippen LogP contribution in [-0.4, -0.2) is 41.2 Å². The first-order valence-corrected chi connectivity index (χ1v) is 10.9. The number of hydrogen-bond acceptors (Lipinski definition) is 5. The lowest BCUT2D eigenvalue weighted by atomic mass is 9.99. The molecule has 1 atom stereocenters. The minimum absolute atomic E-state index is 0.221. The Kier molecular flexibility index (Phi) is 9.94. The van der Waals surface area contributed by atoms with E-state index < -0.39 is 5.97 Å². The maximum absolute atomic E-state index is 12.9. The molecule has 1 fully saturated rings. The van der Waals surface area contributed by atoms with Crippen molar-refractivity contribution < 1.29 is 19.4 Å². The summed E-state index contributed by atoms with van der Waals surface area (Å²) >= 11 is 0. The van der Waals surface area contributed by atoms with Crippen LogP contribution in [0.15, 0.2) is 41.3 Å². The molecule has 8 heteroatoms. The van der Waals surface area contributed by atoms with Crippen molar-refractivity contribution in [2.75, 3.05) is 19.7 Å². The molecule has 3 N–H and O–H groups in total. The van der Waals surface area contributed by atoms with Crippen molar-refractivity contribution in [3.05, 3.63) is 63.6 Å². The molecule has 0 saturated carbocycles. The highest BCUT2D eigenvalue weighted by molar-refractivity contribution is 5.95. The number of aryl methyl sites for hydroxylation is 1. The van der Waals surface area contributed by atoms with Gasteiger partial charge in [-0.1, -0.05) is 18.2 Å². The molecule has 8 nitrogen and oxygen atoms in total. The van der Waals surface area contributed by atoms with Crippen molar-refractivity contribution in [3.63, 3.8) is 0 Å². The smallest absolute Gasteiger partial charge is 0.300 e. The Morgan fingerprint density at radius 1 is 1.28 bits per heavy atom. The van der Waals surface area contributed by atoms with Gasteiger partial charge in [0.15, 0.2) is 0 Å². The number of amides is 1. The number of pyridine rings is 1. The van der Waals surface area contributed by atoms with Crippen LogP contribution in [0.1, 0.15) is 48.2 Å². The maximum atomic E-state index is 12.9. The Morgan fingerprint density at radius 2 is 2.00 bits per heavy atom. The Labute approximate surface area is 188 Å². The van der Waals surface area contributed by atoms with Crippen LogP contribution < -0.4 is 20.9 Å². The standard InChI is InChI=1S/C22H29N3O3.C2H4O2/c1-3-28-19-9-5-4-8-18(19)14-24-21(26)20-16(2)10-12-25(22(20)27)15-17-7-6-11-23-13-17;1-2(3)4/h4-5,8-10,12,17,23H,3,6-7,11,13-15H2,1-2H3,(H,24,26);1H3,(H,3,4). The highest BCUT2D eigenvalue weighted by Crippen LogP contribution is 2.18. The van der Waals surface area contributed by atoms with E-state index in [0.29, 0.717) is 31.2 Å². The quantitative estimate of drug-likeness (QED) is 0.607. The van der Waals surface area contributed by atoms with Crippen LogP contribution in [0.3, 0.4) is 0 Å². The lowest BCUT2D eigenvalue weighted by molar-refractivity contribution is -0.134. The molecule has 2 heterocycles. The monoisotopic (exact) mass is 443 g/mol. The van der Waals surface area contributed by atoms with Gasteiger partial charge in [0.2, 0.25) is 0 Å². The minimum atomic E-state index is -0.833. The number of carbonyl (C=O) groups is 2. The summed E-state index contributed by atoms with van der Waals surface area (Å²) in [5.41, 5.74) is 1.58. The second kappa shape index (κ2) is 12.7. The normalized spacial score (nSPS) is 15.3. The number of carbonyl (C=O) groups excluding carboxylic acids is 1. The molecule has 2 aromatic rings. The largest absolute Gasteiger partial charge is 0.494 e. The number of nitrogens with zero attached hydrogens (tertiary/aromatic N) is 1. The number of piperidine rings is 1. The number of ether oxygens (including phenoxy) is 1. The first kappa shape index (κ1) is 25.1. The number of rotatable bonds is 7. The van der Waals surface area contributed by atoms with Gasteiger partial charge in [0.05, 0.1) is 6.61 Å². The van der Waals surface area contributed by atoms with Gasteiger partial charge in [0.25, 0.3) is 17.4 Å². The first-order chi connectivity index (χ1) is 15.3. The summed E-state index contributed by atoms with van der Waals surface area (Å²) < 4.78 is 7.28. The molecule has 1 aromatic carbocycles. The molecule has 1 aliphatic heterocycles. The summed E-state index contributed by atoms with van der Waals surface area (Å²) in [7, 11) is 0. The van der Waals surface area contributed by atoms with Crippen LogP contribution in [0.2, 0.25) is 0 Å². The molecule has 174 valence electrons. The average molecular weight is 444 g/mol. The number of carboxylic acids is 1. The van der Waals surface area contributed by atoms with E-state index in [4.69, 9.17) is 14.6 Å². The lowest BCUT2D eigenvalue weighted by Gasteiger charge is -2.23. The van der Waals surface area contributed by atoms with Crippen molar-refractivity contribution >= 4 is 11.9 Å². The molecular formula is C24H33N3O5. The van der Waals surface area contributed by atoms with E-state index >= 15 is 0 Å². The minimum Gasteiger partial charge on any atom is -0.494 e. The molecular weight excluding hydrogens is 410 g/mol. The number of benzene rings is 1. The van der Waals surface area contributed by atoms with Crippen molar-refractivity contribution in [3.8, 4) is 5.75 Å². The fraction of sp³-hybridized carbons (Fsp3) is 0.458. The molecule has 1 unspecified atom stereocenters. The third-order valence-electron chi connectivity index (χ3n) is 5.17. The highest BCUT2D eigenvalue weighted by Gasteiger charge is 2.19. The third-order valence-corrected chi connectivity index (χ3v) is 5.17. The summed E-state index contributed by atoms with van der Waals surface area (Å²) in [6, 6.07) is 9.45. The van der Waals surface area contributed by atoms with Crippen LogP contribution in [-0.2, 0) is 17.9 Å². The van der Waals surface area contributed by atoms with E-state index in [9.17, 15) is 9.59 Å². The zero-order valence-electron chi connectivity index (χ0n) is 19.0. The second-order valence-corrected chi connectivity index (χ2v) is 7.79. The van der Waals surface area contributed by atoms with Crippen LogP contribution in [0, 0.1) is 12.8 Å². The van der Waals surface area contributed by atoms with Crippen molar-refractivity contribution in [1.82, 2.24) is 15.2 Å². The van der Waals surface area contributed by atoms with Gasteiger partial charge in [0.1, 0.15) is 11.3 Å². The first-order valence-electron chi connectivity index (χ1n) is 10.9. The molecule has 0 aliphatic carbocycles. The van der Waals surface area contributed by atoms with Gasteiger partial charge in [-0.05, 0) is 63.4 Å². The molecule has 1 saturated heterocycles. The van der Waals surface area contributed by atoms with Crippen molar-refractivity contribution in [1.29, 1.82) is 0 Å². The predicted molar refractivity (Wildman–Crippen MR) is 123 cm³/mol. The topological polar surface area (TPSA) is 110 Å². The molecule has 3 rings (SSSR count). The summed E-state index contributed by atoms with van der Waals surface area (Å²) in [6.07, 6.45) is 4.02. The Bertz CT molecular complexity index is 960. The number of carboxylic acid groups (broad SMARTS) is 1. The molecule has 0 radical (unpaired) electrons. The number of aliphatic carboxylic acids is 1. The van der Waals surface area contributed by atoms with Gasteiger partial charge in [-0.15, -0.1) is 0 Å². The average Bonchev–Trinajstić information content (AvgIpc) is 2.76. The number of para-hydroxylation sites is 1. The highest BCUT2D eigenvalue weighted by atomic mass is 16.5. The van der Waals surface area contributed by atoms with Crippen LogP contribution in [0.4, 0.5) is 0 Å². The van der Waals surface area contributed by atoms with Gasteiger partial charge in [0, 0.05) is 31.8 Å². The molecule has 32 heavy (non-hydrogen) atoms. The van der Waals surface area contributed by atoms with E-state index in [2.05, 4.69) is 10.6 Å². The Morgan fingerprint density at radius 3 is 2.66 bits per heavy atom. The predicted octanol–water partition coefficient (Wildman–Crippen LogP) is 2.58. The Balaban J connectivity index is 0.000000837. The van der Waals surface area contributed by atoms with Gasteiger partial charge in [-0.2, -0.15) is 0 Å². The summed E-state index contributed by atoms with van der Waals surface area (Å²) in [5.74, 6) is -0.00893. The van der Waals surface area contributed by atoms with Crippen LogP contribution in [0.25, 0.3) is 0 Å². The van der Waals surface area contributed by atoms with E-state index in [1.54, 1.807) is 17.7 Å². The van der Waals surface area contributed by atoms with Gasteiger partial charge < -0.3 is 25.0 Å². The van der Waals surface area contributed by atoms with Gasteiger partial charge in [-0.3, -0.25) is 14.4 Å². The van der Waals surface area contributed by atoms with Crippen LogP contribution >= 0.6 is 0 Å². The lowest BCUT2D eigenvalue weighted by Crippen LogP contribution is -2.37. The van der Waals surface area contributed by atoms with Crippen LogP contribution in [0.5, 0.6) is 5.75 Å². The van der Waals surface area contributed by atoms with E-state index in [-0.39, 0.29) is 17.0 Å². The summed E-state index contributed by atoms with van der Waals surface area (Å²) in [4.78, 5) is 34.7. The molecule has 0 bridgehead atoms. The summed E-state index contributed by atoms with van der Waals surface area (Å²) in [5, 5.41) is 13.7.